The summed E-state index contributed by atoms with van der Waals surface area (Å²) >= 11 is 0. The molecule has 0 aliphatic rings. The number of benzene rings is 4. The van der Waals surface area contributed by atoms with Gasteiger partial charge >= 0.3 is 0 Å². The van der Waals surface area contributed by atoms with E-state index in [1.807, 2.05) is 54.6 Å². The van der Waals surface area contributed by atoms with Crippen molar-refractivity contribution in [3.8, 4) is 23.7 Å². The number of hydrogen-bond acceptors (Lipinski definition) is 0. The van der Waals surface area contributed by atoms with E-state index in [1.54, 1.807) is 0 Å². The maximum Gasteiger partial charge on any atom is 0.134 e. The summed E-state index contributed by atoms with van der Waals surface area (Å²) in [7, 11) is 0. The van der Waals surface area contributed by atoms with Crippen molar-refractivity contribution in [2.45, 2.75) is 58.8 Å². The summed E-state index contributed by atoms with van der Waals surface area (Å²) in [5.74, 6) is 12.8. The minimum Gasteiger partial charge on any atom is -0.206 e. The van der Waals surface area contributed by atoms with Crippen LogP contribution in [0.2, 0.25) is 0 Å². The first-order chi connectivity index (χ1) is 17.7. The van der Waals surface area contributed by atoms with Gasteiger partial charge in [0.2, 0.25) is 0 Å². The average molecular weight is 473 g/mol. The van der Waals surface area contributed by atoms with Crippen molar-refractivity contribution in [1.82, 2.24) is 0 Å². The highest BCUT2D eigenvalue weighted by Gasteiger charge is 2.07. The lowest BCUT2D eigenvalue weighted by molar-refractivity contribution is 0.603. The highest BCUT2D eigenvalue weighted by Crippen LogP contribution is 2.24. The first kappa shape index (κ1) is 25.3. The van der Waals surface area contributed by atoms with Gasteiger partial charge in [0, 0.05) is 27.6 Å². The number of rotatable bonds is 7. The van der Waals surface area contributed by atoms with E-state index in [2.05, 4.69) is 61.8 Å². The van der Waals surface area contributed by atoms with Crippen molar-refractivity contribution in [2.24, 2.45) is 0 Å². The second-order valence-electron chi connectivity index (χ2n) is 9.31. The van der Waals surface area contributed by atoms with Gasteiger partial charge in [0.05, 0.1) is 0 Å². The fraction of sp³-hybridized carbons (Fsp3) is 0.257. The quantitative estimate of drug-likeness (QED) is 0.186. The molecule has 0 aromatic heterocycles. The van der Waals surface area contributed by atoms with E-state index in [-0.39, 0.29) is 5.82 Å². The molecule has 0 saturated carbocycles. The predicted molar refractivity (Wildman–Crippen MR) is 151 cm³/mol. The lowest BCUT2D eigenvalue weighted by atomic mass is 10.00. The number of unbranched alkanes of at least 4 members (excludes halogenated alkanes) is 3. The first-order valence-electron chi connectivity index (χ1n) is 13.1. The molecule has 0 amide bonds. The monoisotopic (exact) mass is 472 g/mol. The lowest BCUT2D eigenvalue weighted by Gasteiger charge is -2.07. The zero-order chi connectivity index (χ0) is 25.2. The molecule has 0 aliphatic heterocycles. The average Bonchev–Trinajstić information content (AvgIpc) is 2.91. The summed E-state index contributed by atoms with van der Waals surface area (Å²) in [5, 5.41) is 1.57. The van der Waals surface area contributed by atoms with Crippen LogP contribution in [0.5, 0.6) is 0 Å². The van der Waals surface area contributed by atoms with Crippen molar-refractivity contribution in [3.05, 3.63) is 118 Å². The second kappa shape index (κ2) is 12.8. The van der Waals surface area contributed by atoms with E-state index in [0.29, 0.717) is 5.39 Å². The van der Waals surface area contributed by atoms with Crippen LogP contribution >= 0.6 is 0 Å². The molecule has 0 unspecified atom stereocenters. The van der Waals surface area contributed by atoms with E-state index >= 15 is 0 Å². The maximum absolute atomic E-state index is 15.0. The van der Waals surface area contributed by atoms with E-state index in [0.717, 1.165) is 65.3 Å². The highest BCUT2D eigenvalue weighted by molar-refractivity contribution is 5.85. The van der Waals surface area contributed by atoms with Gasteiger partial charge < -0.3 is 0 Å². The van der Waals surface area contributed by atoms with Gasteiger partial charge in [0.1, 0.15) is 5.82 Å². The Hall–Kier alpha value is -3.81. The molecule has 0 atom stereocenters. The Bertz CT molecular complexity index is 1420. The molecule has 0 heterocycles. The summed E-state index contributed by atoms with van der Waals surface area (Å²) in [6.45, 7) is 4.38. The van der Waals surface area contributed by atoms with Crippen molar-refractivity contribution < 1.29 is 4.39 Å². The third-order valence-electron chi connectivity index (χ3n) is 6.41. The Morgan fingerprint density at radius 3 is 1.75 bits per heavy atom. The fourth-order valence-corrected chi connectivity index (χ4v) is 4.32. The van der Waals surface area contributed by atoms with Crippen molar-refractivity contribution in [3.63, 3.8) is 0 Å². The van der Waals surface area contributed by atoms with Crippen LogP contribution in [0, 0.1) is 29.5 Å². The molecule has 0 aliphatic carbocycles. The van der Waals surface area contributed by atoms with Crippen LogP contribution in [0.1, 0.15) is 79.3 Å². The minimum absolute atomic E-state index is 0.0860. The SMILES string of the molecule is CCCCCCc1ccc2cc(C#Cc3ccc(C#Cc4ccc(CCC)cc4)cc3)ccc2c1F. The second-order valence-corrected chi connectivity index (χ2v) is 9.31. The molecule has 4 rings (SSSR count). The third kappa shape index (κ3) is 6.87. The number of halogens is 1. The normalized spacial score (nSPS) is 10.4. The lowest BCUT2D eigenvalue weighted by Crippen LogP contribution is -1.93. The molecule has 1 heteroatoms. The largest absolute Gasteiger partial charge is 0.206 e. The van der Waals surface area contributed by atoms with Gasteiger partial charge in [-0.15, -0.1) is 0 Å². The standard InChI is InChI=1S/C35H33F/c1-3-5-6-7-9-32-23-24-33-26-31(22-25-34(33)35(32)36)21-20-30-18-16-29(17-19-30)15-14-28-12-10-27(8-4-2)11-13-28/h10-13,16-19,22-26H,3-9H2,1-2H3. The molecule has 4 aromatic carbocycles. The third-order valence-corrected chi connectivity index (χ3v) is 6.41. The summed E-state index contributed by atoms with van der Waals surface area (Å²) < 4.78 is 15.0. The Morgan fingerprint density at radius 2 is 1.14 bits per heavy atom. The van der Waals surface area contributed by atoms with Gasteiger partial charge in [-0.1, -0.05) is 93.5 Å². The van der Waals surface area contributed by atoms with E-state index in [9.17, 15) is 4.39 Å². The maximum atomic E-state index is 15.0. The van der Waals surface area contributed by atoms with Crippen LogP contribution in [0.25, 0.3) is 10.8 Å². The van der Waals surface area contributed by atoms with Crippen LogP contribution < -0.4 is 0 Å². The summed E-state index contributed by atoms with van der Waals surface area (Å²) in [4.78, 5) is 0. The predicted octanol–water partition coefficient (Wildman–Crippen LogP) is 8.85. The smallest absolute Gasteiger partial charge is 0.134 e. The zero-order valence-corrected chi connectivity index (χ0v) is 21.3. The van der Waals surface area contributed by atoms with E-state index < -0.39 is 0 Å². The van der Waals surface area contributed by atoms with Crippen molar-refractivity contribution >= 4 is 10.8 Å². The van der Waals surface area contributed by atoms with Crippen LogP contribution in [0.15, 0.2) is 78.9 Å². The molecular formula is C35H33F. The molecule has 0 spiro atoms. The van der Waals surface area contributed by atoms with Crippen LogP contribution in [-0.2, 0) is 12.8 Å². The molecule has 0 N–H and O–H groups in total. The van der Waals surface area contributed by atoms with Crippen molar-refractivity contribution in [2.75, 3.05) is 0 Å². The highest BCUT2D eigenvalue weighted by atomic mass is 19.1. The van der Waals surface area contributed by atoms with Crippen LogP contribution in [-0.4, -0.2) is 0 Å². The summed E-state index contributed by atoms with van der Waals surface area (Å²) in [6, 6.07) is 26.1. The number of hydrogen-bond donors (Lipinski definition) is 0. The molecule has 0 nitrogen and oxygen atoms in total. The van der Waals surface area contributed by atoms with Gasteiger partial charge in [-0.25, -0.2) is 4.39 Å². The van der Waals surface area contributed by atoms with Gasteiger partial charge in [0.25, 0.3) is 0 Å². The molecule has 4 aromatic rings. The van der Waals surface area contributed by atoms with Crippen LogP contribution in [0.3, 0.4) is 0 Å². The van der Waals surface area contributed by atoms with Gasteiger partial charge in [0.15, 0.2) is 0 Å². The first-order valence-corrected chi connectivity index (χ1v) is 13.1. The van der Waals surface area contributed by atoms with E-state index in [1.165, 1.54) is 18.4 Å². The molecule has 180 valence electrons. The number of aryl methyl sites for hydroxylation is 2. The Balaban J connectivity index is 1.42. The molecule has 0 radical (unpaired) electrons. The Morgan fingerprint density at radius 1 is 0.556 bits per heavy atom. The number of fused-ring (bicyclic) bond motifs is 1. The molecular weight excluding hydrogens is 439 g/mol. The fourth-order valence-electron chi connectivity index (χ4n) is 4.32. The van der Waals surface area contributed by atoms with Gasteiger partial charge in [-0.3, -0.25) is 0 Å². The van der Waals surface area contributed by atoms with Crippen molar-refractivity contribution in [1.29, 1.82) is 0 Å². The summed E-state index contributed by atoms with van der Waals surface area (Å²) in [6.07, 6.45) is 7.65. The van der Waals surface area contributed by atoms with Gasteiger partial charge in [-0.05, 0) is 84.3 Å². The van der Waals surface area contributed by atoms with E-state index in [4.69, 9.17) is 0 Å². The Labute approximate surface area is 215 Å². The molecule has 0 fully saturated rings. The summed E-state index contributed by atoms with van der Waals surface area (Å²) in [5.41, 5.74) is 5.96. The topological polar surface area (TPSA) is 0 Å². The van der Waals surface area contributed by atoms with Gasteiger partial charge in [-0.2, -0.15) is 0 Å². The minimum atomic E-state index is -0.0860. The molecule has 36 heavy (non-hydrogen) atoms. The molecule has 0 bridgehead atoms. The van der Waals surface area contributed by atoms with Crippen LogP contribution in [0.4, 0.5) is 4.39 Å². The zero-order valence-electron chi connectivity index (χ0n) is 21.3. The Kier molecular flexibility index (Phi) is 8.97. The molecule has 0 saturated heterocycles.